The zero-order valence-electron chi connectivity index (χ0n) is 9.80. The Bertz CT molecular complexity index is 486. The Kier molecular flexibility index (Phi) is 3.87. The van der Waals surface area contributed by atoms with Gasteiger partial charge in [-0.05, 0) is 6.42 Å². The van der Waals surface area contributed by atoms with Gasteiger partial charge in [0, 0.05) is 17.1 Å². The number of rotatable bonds is 5. The van der Waals surface area contributed by atoms with Crippen LogP contribution in [-0.2, 0) is 13.0 Å². The van der Waals surface area contributed by atoms with Gasteiger partial charge in [0.15, 0.2) is 0 Å². The van der Waals surface area contributed by atoms with Gasteiger partial charge in [0.2, 0.25) is 5.88 Å². The summed E-state index contributed by atoms with van der Waals surface area (Å²) in [7, 11) is 1.58. The molecule has 6 heteroatoms. The van der Waals surface area contributed by atoms with Crippen LogP contribution in [0, 0.1) is 0 Å². The first kappa shape index (κ1) is 11.8. The van der Waals surface area contributed by atoms with Gasteiger partial charge in [-0.2, -0.15) is 0 Å². The van der Waals surface area contributed by atoms with Crippen LogP contribution in [0.2, 0.25) is 0 Å². The van der Waals surface area contributed by atoms with E-state index in [1.807, 2.05) is 6.20 Å². The van der Waals surface area contributed by atoms with E-state index in [0.29, 0.717) is 12.4 Å². The quantitative estimate of drug-likeness (QED) is 0.880. The first-order valence-corrected chi connectivity index (χ1v) is 6.17. The van der Waals surface area contributed by atoms with Crippen molar-refractivity contribution >= 4 is 17.2 Å². The lowest BCUT2D eigenvalue weighted by molar-refractivity contribution is 0.397. The average Bonchev–Trinajstić information content (AvgIpc) is 2.84. The van der Waals surface area contributed by atoms with Crippen molar-refractivity contribution < 1.29 is 4.74 Å². The molecular formula is C11H14N4OS. The molecule has 17 heavy (non-hydrogen) atoms. The molecule has 90 valence electrons. The topological polar surface area (TPSA) is 59.9 Å². The molecule has 2 rings (SSSR count). The molecule has 0 amide bonds. The maximum atomic E-state index is 5.02. The third-order valence-electron chi connectivity index (χ3n) is 2.22. The molecule has 0 fully saturated rings. The van der Waals surface area contributed by atoms with E-state index < -0.39 is 0 Å². The summed E-state index contributed by atoms with van der Waals surface area (Å²) in [6.07, 6.45) is 4.42. The van der Waals surface area contributed by atoms with Crippen molar-refractivity contribution in [2.45, 2.75) is 19.9 Å². The van der Waals surface area contributed by atoms with E-state index in [9.17, 15) is 0 Å². The van der Waals surface area contributed by atoms with Crippen LogP contribution in [0.15, 0.2) is 18.6 Å². The molecule has 0 aliphatic carbocycles. The van der Waals surface area contributed by atoms with Crippen LogP contribution >= 0.6 is 11.3 Å². The highest BCUT2D eigenvalue weighted by Gasteiger charge is 2.02. The molecule has 0 radical (unpaired) electrons. The smallest absolute Gasteiger partial charge is 0.218 e. The van der Waals surface area contributed by atoms with E-state index in [-0.39, 0.29) is 0 Å². The van der Waals surface area contributed by atoms with Gasteiger partial charge in [-0.25, -0.2) is 15.0 Å². The van der Waals surface area contributed by atoms with Crippen LogP contribution in [0.3, 0.4) is 0 Å². The van der Waals surface area contributed by atoms with E-state index in [1.54, 1.807) is 24.5 Å². The summed E-state index contributed by atoms with van der Waals surface area (Å²) in [5, 5.41) is 4.24. The van der Waals surface area contributed by atoms with Crippen molar-refractivity contribution in [3.63, 3.8) is 0 Å². The average molecular weight is 250 g/mol. The van der Waals surface area contributed by atoms with Crippen molar-refractivity contribution in [1.82, 2.24) is 15.0 Å². The Morgan fingerprint density at radius 3 is 2.94 bits per heavy atom. The van der Waals surface area contributed by atoms with Gasteiger partial charge in [0.05, 0.1) is 13.7 Å². The number of aryl methyl sites for hydroxylation is 1. The Morgan fingerprint density at radius 2 is 2.24 bits per heavy atom. The van der Waals surface area contributed by atoms with E-state index in [4.69, 9.17) is 4.74 Å². The van der Waals surface area contributed by atoms with Crippen LogP contribution < -0.4 is 10.1 Å². The van der Waals surface area contributed by atoms with E-state index in [0.717, 1.165) is 17.2 Å². The minimum atomic E-state index is 0.552. The van der Waals surface area contributed by atoms with Crippen molar-refractivity contribution in [2.75, 3.05) is 12.4 Å². The van der Waals surface area contributed by atoms with Gasteiger partial charge >= 0.3 is 0 Å². The molecule has 0 atom stereocenters. The largest absolute Gasteiger partial charge is 0.481 e. The second kappa shape index (κ2) is 5.58. The summed E-state index contributed by atoms with van der Waals surface area (Å²) in [6.45, 7) is 2.80. The molecule has 0 saturated carbocycles. The molecule has 2 aromatic heterocycles. The monoisotopic (exact) mass is 250 g/mol. The highest BCUT2D eigenvalue weighted by atomic mass is 32.1. The maximum Gasteiger partial charge on any atom is 0.218 e. The van der Waals surface area contributed by atoms with Crippen molar-refractivity contribution in [3.05, 3.63) is 28.5 Å². The van der Waals surface area contributed by atoms with Crippen molar-refractivity contribution in [3.8, 4) is 5.88 Å². The van der Waals surface area contributed by atoms with Crippen LogP contribution in [0.1, 0.15) is 16.8 Å². The molecule has 0 bridgehead atoms. The number of thiazole rings is 1. The van der Waals surface area contributed by atoms with Crippen LogP contribution in [0.25, 0.3) is 0 Å². The number of hydrogen-bond acceptors (Lipinski definition) is 6. The van der Waals surface area contributed by atoms with Crippen LogP contribution in [0.4, 0.5) is 5.82 Å². The molecule has 2 aromatic rings. The fraction of sp³-hybridized carbons (Fsp3) is 0.364. The predicted octanol–water partition coefficient (Wildman–Crippen LogP) is 2.12. The fourth-order valence-electron chi connectivity index (χ4n) is 1.31. The molecule has 0 saturated heterocycles. The standard InChI is InChI=1S/C11H14N4OS/c1-3-8-5-13-11(17-8)6-12-9-4-10(16-2)15-7-14-9/h4-5,7H,3,6H2,1-2H3,(H,12,14,15). The van der Waals surface area contributed by atoms with E-state index in [1.165, 1.54) is 11.2 Å². The molecule has 0 spiro atoms. The summed E-state index contributed by atoms with van der Waals surface area (Å²) in [6, 6.07) is 1.76. The van der Waals surface area contributed by atoms with E-state index in [2.05, 4.69) is 27.2 Å². The second-order valence-corrected chi connectivity index (χ2v) is 4.57. The molecular weight excluding hydrogens is 236 g/mol. The normalized spacial score (nSPS) is 10.2. The third kappa shape index (κ3) is 3.13. The Morgan fingerprint density at radius 1 is 1.35 bits per heavy atom. The summed E-state index contributed by atoms with van der Waals surface area (Å²) in [4.78, 5) is 13.7. The number of aromatic nitrogens is 3. The van der Waals surface area contributed by atoms with Gasteiger partial charge in [-0.3, -0.25) is 0 Å². The van der Waals surface area contributed by atoms with Crippen molar-refractivity contribution in [2.24, 2.45) is 0 Å². The van der Waals surface area contributed by atoms with Crippen LogP contribution in [0.5, 0.6) is 5.88 Å². The van der Waals surface area contributed by atoms with Gasteiger partial charge in [-0.15, -0.1) is 11.3 Å². The molecule has 0 aliphatic rings. The lowest BCUT2D eigenvalue weighted by Gasteiger charge is -2.04. The second-order valence-electron chi connectivity index (χ2n) is 3.37. The SMILES string of the molecule is CCc1cnc(CNc2cc(OC)ncn2)s1. The zero-order chi connectivity index (χ0) is 12.1. The molecule has 0 unspecified atom stereocenters. The fourth-order valence-corrected chi connectivity index (χ4v) is 2.11. The minimum Gasteiger partial charge on any atom is -0.481 e. The lowest BCUT2D eigenvalue weighted by Crippen LogP contribution is -2.01. The first-order chi connectivity index (χ1) is 8.31. The van der Waals surface area contributed by atoms with Gasteiger partial charge in [-0.1, -0.05) is 6.92 Å². The Hall–Kier alpha value is -1.69. The number of nitrogens with one attached hydrogen (secondary N) is 1. The first-order valence-electron chi connectivity index (χ1n) is 5.35. The summed E-state index contributed by atoms with van der Waals surface area (Å²) >= 11 is 1.71. The number of hydrogen-bond donors (Lipinski definition) is 1. The highest BCUT2D eigenvalue weighted by Crippen LogP contribution is 2.15. The molecule has 1 N–H and O–H groups in total. The maximum absolute atomic E-state index is 5.02. The summed E-state index contributed by atoms with van der Waals surface area (Å²) in [5.74, 6) is 1.29. The summed E-state index contributed by atoms with van der Waals surface area (Å²) < 4.78 is 5.02. The Balaban J connectivity index is 1.96. The van der Waals surface area contributed by atoms with Gasteiger partial charge < -0.3 is 10.1 Å². The zero-order valence-corrected chi connectivity index (χ0v) is 10.6. The molecule has 5 nitrogen and oxygen atoms in total. The van der Waals surface area contributed by atoms with Gasteiger partial charge in [0.25, 0.3) is 0 Å². The van der Waals surface area contributed by atoms with Gasteiger partial charge in [0.1, 0.15) is 17.2 Å². The number of nitrogens with zero attached hydrogens (tertiary/aromatic N) is 3. The number of ether oxygens (including phenoxy) is 1. The molecule has 0 aromatic carbocycles. The van der Waals surface area contributed by atoms with Crippen LogP contribution in [-0.4, -0.2) is 22.1 Å². The third-order valence-corrected chi connectivity index (χ3v) is 3.36. The minimum absolute atomic E-state index is 0.552. The Labute approximate surface area is 104 Å². The predicted molar refractivity (Wildman–Crippen MR) is 67.4 cm³/mol. The lowest BCUT2D eigenvalue weighted by atomic mass is 10.4. The molecule has 2 heterocycles. The van der Waals surface area contributed by atoms with Crippen molar-refractivity contribution in [1.29, 1.82) is 0 Å². The highest BCUT2D eigenvalue weighted by molar-refractivity contribution is 7.11. The number of anilines is 1. The van der Waals surface area contributed by atoms with E-state index >= 15 is 0 Å². The number of methoxy groups -OCH3 is 1. The molecule has 0 aliphatic heterocycles. The summed E-state index contributed by atoms with van der Waals surface area (Å²) in [5.41, 5.74) is 0.